The summed E-state index contributed by atoms with van der Waals surface area (Å²) in [5.74, 6) is 0.670. The first kappa shape index (κ1) is 27.6. The topological polar surface area (TPSA) is 40.1 Å². The van der Waals surface area contributed by atoms with E-state index in [1.54, 1.807) is 0 Å². The third-order valence-corrected chi connectivity index (χ3v) is 5.01. The van der Waals surface area contributed by atoms with Gasteiger partial charge in [-0.25, -0.2) is 0 Å². The summed E-state index contributed by atoms with van der Waals surface area (Å²) in [4.78, 5) is 8.89. The number of aliphatic carboxylic acids is 1. The lowest BCUT2D eigenvalue weighted by atomic mass is 10.0. The summed E-state index contributed by atoms with van der Waals surface area (Å²) in [6.45, 7) is 16.9. The number of carboxylic acids is 1. The molecule has 0 atom stereocenters. The van der Waals surface area contributed by atoms with E-state index < -0.39 is 5.97 Å². The molecule has 0 aliphatic heterocycles. The van der Waals surface area contributed by atoms with Gasteiger partial charge in [0.15, 0.2) is 0 Å². The Morgan fingerprint density at radius 2 is 1.12 bits per heavy atom. The lowest BCUT2D eigenvalue weighted by Crippen LogP contribution is -2.46. The van der Waals surface area contributed by atoms with E-state index in [0.29, 0.717) is 0 Å². The number of carbonyl (C=O) groups is 1. The second kappa shape index (κ2) is 17.8. The molecule has 0 aromatic carbocycles. The van der Waals surface area contributed by atoms with Crippen molar-refractivity contribution in [2.45, 2.75) is 106 Å². The lowest BCUT2D eigenvalue weighted by molar-refractivity contribution is -0.910. The van der Waals surface area contributed by atoms with Gasteiger partial charge < -0.3 is 14.4 Å². The number of rotatable bonds is 15. The van der Waals surface area contributed by atoms with Crippen molar-refractivity contribution in [2.24, 2.45) is 11.8 Å². The molecule has 0 amide bonds. The predicted molar refractivity (Wildman–Crippen MR) is 113 cm³/mol. The SMILES string of the molecule is CC(=O)[O-].CCCC[N+](C)(CCCCCC(C)C)CCCCCC(C)C. The van der Waals surface area contributed by atoms with Gasteiger partial charge in [0, 0.05) is 5.97 Å². The Hall–Kier alpha value is -0.570. The van der Waals surface area contributed by atoms with Crippen LogP contribution in [0.3, 0.4) is 0 Å². The van der Waals surface area contributed by atoms with Crippen LogP contribution < -0.4 is 5.11 Å². The Bertz CT molecular complexity index is 291. The van der Waals surface area contributed by atoms with E-state index in [1.807, 2.05) is 0 Å². The van der Waals surface area contributed by atoms with E-state index >= 15 is 0 Å². The summed E-state index contributed by atoms with van der Waals surface area (Å²) in [5.41, 5.74) is 0. The average Bonchev–Trinajstić information content (AvgIpc) is 2.51. The first-order valence-corrected chi connectivity index (χ1v) is 11.1. The standard InChI is InChI=1S/C21H46N.C2H4O2/c1-7-8-17-22(6,18-13-9-11-15-20(2)3)19-14-10-12-16-21(4)5;1-2(3)4/h20-21H,7-19H2,1-6H3;1H3,(H,3,4)/q+1;/p-1. The van der Waals surface area contributed by atoms with Crippen molar-refractivity contribution in [1.29, 1.82) is 0 Å². The zero-order chi connectivity index (χ0) is 20.4. The number of quaternary nitrogens is 1. The molecule has 0 spiro atoms. The molecule has 158 valence electrons. The van der Waals surface area contributed by atoms with Crippen molar-refractivity contribution in [3.63, 3.8) is 0 Å². The number of nitrogens with zero attached hydrogens (tertiary/aromatic N) is 1. The molecule has 3 heteroatoms. The van der Waals surface area contributed by atoms with Crippen LogP contribution in [0, 0.1) is 11.8 Å². The molecule has 3 nitrogen and oxygen atoms in total. The highest BCUT2D eigenvalue weighted by Crippen LogP contribution is 2.15. The summed E-state index contributed by atoms with van der Waals surface area (Å²) in [5, 5.41) is 8.89. The zero-order valence-electron chi connectivity index (χ0n) is 19.1. The van der Waals surface area contributed by atoms with Crippen molar-refractivity contribution < 1.29 is 14.4 Å². The van der Waals surface area contributed by atoms with Gasteiger partial charge in [0.05, 0.1) is 26.7 Å². The molecule has 0 aliphatic carbocycles. The molecule has 0 aliphatic rings. The fraction of sp³-hybridized carbons (Fsp3) is 0.957. The fourth-order valence-electron chi connectivity index (χ4n) is 3.32. The van der Waals surface area contributed by atoms with E-state index in [-0.39, 0.29) is 0 Å². The van der Waals surface area contributed by atoms with Crippen molar-refractivity contribution in [3.8, 4) is 0 Å². The molecular formula is C23H49NO2. The van der Waals surface area contributed by atoms with Crippen molar-refractivity contribution in [3.05, 3.63) is 0 Å². The summed E-state index contributed by atoms with van der Waals surface area (Å²) >= 11 is 0. The first-order chi connectivity index (χ1) is 12.1. The smallest absolute Gasteiger partial charge is 0.0784 e. The average molecular weight is 372 g/mol. The third kappa shape index (κ3) is 23.4. The molecular weight excluding hydrogens is 322 g/mol. The minimum absolute atomic E-state index is 0.877. The Balaban J connectivity index is 0. The first-order valence-electron chi connectivity index (χ1n) is 11.1. The Labute approximate surface area is 165 Å². The second-order valence-corrected chi connectivity index (χ2v) is 9.12. The molecule has 26 heavy (non-hydrogen) atoms. The maximum atomic E-state index is 8.89. The highest BCUT2D eigenvalue weighted by molar-refractivity contribution is 5.60. The number of carbonyl (C=O) groups excluding carboxylic acids is 1. The van der Waals surface area contributed by atoms with Crippen LogP contribution >= 0.6 is 0 Å². The summed E-state index contributed by atoms with van der Waals surface area (Å²) in [7, 11) is 2.51. The molecule has 0 N–H and O–H groups in total. The quantitative estimate of drug-likeness (QED) is 0.285. The van der Waals surface area contributed by atoms with Crippen LogP contribution in [0.25, 0.3) is 0 Å². The van der Waals surface area contributed by atoms with Crippen LogP contribution in [-0.2, 0) is 4.79 Å². The maximum Gasteiger partial charge on any atom is 0.0784 e. The molecule has 0 rings (SSSR count). The summed E-state index contributed by atoms with van der Waals surface area (Å²) in [6, 6.07) is 0. The van der Waals surface area contributed by atoms with Crippen LogP contribution in [0.5, 0.6) is 0 Å². The molecule has 0 fully saturated rings. The van der Waals surface area contributed by atoms with Gasteiger partial charge in [-0.1, -0.05) is 66.7 Å². The van der Waals surface area contributed by atoms with Crippen LogP contribution in [0.15, 0.2) is 0 Å². The zero-order valence-corrected chi connectivity index (χ0v) is 19.1. The molecule has 0 unspecified atom stereocenters. The van der Waals surface area contributed by atoms with Gasteiger partial charge in [0.2, 0.25) is 0 Å². The van der Waals surface area contributed by atoms with Gasteiger partial charge in [-0.15, -0.1) is 0 Å². The monoisotopic (exact) mass is 371 g/mol. The van der Waals surface area contributed by atoms with Gasteiger partial charge in [-0.2, -0.15) is 0 Å². The summed E-state index contributed by atoms with van der Waals surface area (Å²) in [6.07, 6.45) is 14.2. The fourth-order valence-corrected chi connectivity index (χ4v) is 3.32. The van der Waals surface area contributed by atoms with Crippen LogP contribution in [0.2, 0.25) is 0 Å². The number of carboxylic acid groups (broad SMARTS) is 1. The third-order valence-electron chi connectivity index (χ3n) is 5.01. The van der Waals surface area contributed by atoms with Gasteiger partial charge in [0.25, 0.3) is 0 Å². The molecule has 0 saturated carbocycles. The Morgan fingerprint density at radius 3 is 1.42 bits per heavy atom. The van der Waals surface area contributed by atoms with Crippen LogP contribution in [-0.4, -0.2) is 37.1 Å². The molecule has 0 radical (unpaired) electrons. The van der Waals surface area contributed by atoms with Crippen LogP contribution in [0.1, 0.15) is 106 Å². The van der Waals surface area contributed by atoms with E-state index in [0.717, 1.165) is 18.8 Å². The molecule has 0 aromatic heterocycles. The number of hydrogen-bond donors (Lipinski definition) is 0. The van der Waals surface area contributed by atoms with Gasteiger partial charge in [-0.05, 0) is 50.9 Å². The maximum absolute atomic E-state index is 8.89. The molecule has 0 heterocycles. The van der Waals surface area contributed by atoms with Crippen molar-refractivity contribution >= 4 is 5.97 Å². The minimum atomic E-state index is -1.08. The van der Waals surface area contributed by atoms with Crippen LogP contribution in [0.4, 0.5) is 0 Å². The normalized spacial score (nSPS) is 11.6. The van der Waals surface area contributed by atoms with Gasteiger partial charge in [0.1, 0.15) is 0 Å². The van der Waals surface area contributed by atoms with Gasteiger partial charge in [-0.3, -0.25) is 0 Å². The van der Waals surface area contributed by atoms with E-state index in [2.05, 4.69) is 41.7 Å². The Kier molecular flexibility index (Phi) is 19.0. The highest BCUT2D eigenvalue weighted by atomic mass is 16.4. The number of hydrogen-bond acceptors (Lipinski definition) is 2. The summed E-state index contributed by atoms with van der Waals surface area (Å²) < 4.78 is 1.33. The van der Waals surface area contributed by atoms with E-state index in [1.165, 1.54) is 88.3 Å². The predicted octanol–water partition coefficient (Wildman–Crippen LogP) is 5.42. The highest BCUT2D eigenvalue weighted by Gasteiger charge is 2.19. The lowest BCUT2D eigenvalue weighted by Gasteiger charge is -2.35. The molecule has 0 aromatic rings. The van der Waals surface area contributed by atoms with E-state index in [9.17, 15) is 0 Å². The van der Waals surface area contributed by atoms with Gasteiger partial charge >= 0.3 is 0 Å². The van der Waals surface area contributed by atoms with Crippen molar-refractivity contribution in [2.75, 3.05) is 26.7 Å². The largest absolute Gasteiger partial charge is 0.550 e. The molecule has 0 bridgehead atoms. The Morgan fingerprint density at radius 1 is 0.769 bits per heavy atom. The molecule has 0 saturated heterocycles. The minimum Gasteiger partial charge on any atom is -0.550 e. The van der Waals surface area contributed by atoms with Crippen molar-refractivity contribution in [1.82, 2.24) is 0 Å². The second-order valence-electron chi connectivity index (χ2n) is 9.12. The number of unbranched alkanes of at least 4 members (excludes halogenated alkanes) is 5. The van der Waals surface area contributed by atoms with E-state index in [4.69, 9.17) is 9.90 Å².